The van der Waals surface area contributed by atoms with Gasteiger partial charge in [-0.15, -0.1) is 0 Å². The summed E-state index contributed by atoms with van der Waals surface area (Å²) in [5.41, 5.74) is 3.31. The van der Waals surface area contributed by atoms with E-state index >= 15 is 0 Å². The van der Waals surface area contributed by atoms with Crippen LogP contribution in [0.2, 0.25) is 0 Å². The molecular formula is C18H20N4O2. The van der Waals surface area contributed by atoms with Crippen LogP contribution in [0, 0.1) is 0 Å². The van der Waals surface area contributed by atoms with E-state index in [2.05, 4.69) is 20.2 Å². The summed E-state index contributed by atoms with van der Waals surface area (Å²) in [6.45, 7) is 3.32. The third-order valence-corrected chi connectivity index (χ3v) is 4.42. The van der Waals surface area contributed by atoms with Crippen molar-refractivity contribution < 1.29 is 9.53 Å². The lowest BCUT2D eigenvalue weighted by molar-refractivity contribution is 0.102. The Morgan fingerprint density at radius 2 is 1.88 bits per heavy atom. The molecule has 0 unspecified atom stereocenters. The van der Waals surface area contributed by atoms with Crippen molar-refractivity contribution in [3.05, 3.63) is 48.0 Å². The van der Waals surface area contributed by atoms with Gasteiger partial charge in [-0.05, 0) is 43.2 Å². The number of nitrogens with zero attached hydrogens (tertiary/aromatic N) is 3. The van der Waals surface area contributed by atoms with Crippen LogP contribution < -0.4 is 10.2 Å². The second-order valence-corrected chi connectivity index (χ2v) is 6.20. The van der Waals surface area contributed by atoms with E-state index in [0.717, 1.165) is 56.2 Å². The van der Waals surface area contributed by atoms with Crippen molar-refractivity contribution in [2.24, 2.45) is 0 Å². The van der Waals surface area contributed by atoms with Crippen molar-refractivity contribution in [2.45, 2.75) is 18.8 Å². The molecule has 1 aromatic carbocycles. The third-order valence-electron chi connectivity index (χ3n) is 4.42. The number of benzene rings is 1. The van der Waals surface area contributed by atoms with Gasteiger partial charge in [0.2, 0.25) is 0 Å². The molecule has 2 aromatic rings. The largest absolute Gasteiger partial charge is 0.378 e. The Morgan fingerprint density at radius 3 is 2.58 bits per heavy atom. The number of nitrogens with one attached hydrogen (secondary N) is 1. The molecule has 1 saturated carbocycles. The summed E-state index contributed by atoms with van der Waals surface area (Å²) in [6.07, 6.45) is 3.78. The lowest BCUT2D eigenvalue weighted by atomic mass is 10.2. The van der Waals surface area contributed by atoms with Gasteiger partial charge in [0.25, 0.3) is 5.91 Å². The summed E-state index contributed by atoms with van der Waals surface area (Å²) in [5, 5.41) is 2.90. The van der Waals surface area contributed by atoms with Crippen molar-refractivity contribution >= 4 is 17.3 Å². The first-order valence-corrected chi connectivity index (χ1v) is 8.36. The predicted octanol–water partition coefficient (Wildman–Crippen LogP) is 2.44. The second-order valence-electron chi connectivity index (χ2n) is 6.20. The van der Waals surface area contributed by atoms with E-state index in [-0.39, 0.29) is 5.91 Å². The number of rotatable bonds is 4. The van der Waals surface area contributed by atoms with Gasteiger partial charge in [0.1, 0.15) is 12.0 Å². The molecule has 1 amide bonds. The van der Waals surface area contributed by atoms with Gasteiger partial charge < -0.3 is 15.0 Å². The Labute approximate surface area is 140 Å². The van der Waals surface area contributed by atoms with Gasteiger partial charge in [-0.1, -0.05) is 0 Å². The zero-order valence-corrected chi connectivity index (χ0v) is 13.4. The average molecular weight is 324 g/mol. The molecule has 6 heteroatoms. The van der Waals surface area contributed by atoms with Gasteiger partial charge in [0.05, 0.1) is 13.2 Å². The summed E-state index contributed by atoms with van der Waals surface area (Å²) >= 11 is 0. The molecule has 1 aliphatic heterocycles. The number of morpholine rings is 1. The van der Waals surface area contributed by atoms with Crippen LogP contribution in [-0.4, -0.2) is 42.2 Å². The van der Waals surface area contributed by atoms with Gasteiger partial charge in [-0.2, -0.15) is 0 Å². The standard InChI is InChI=1S/C18H20N4O2/c23-18(17-11-16(13-1-2-13)19-12-20-17)21-14-3-5-15(6-4-14)22-7-9-24-10-8-22/h3-6,11-13H,1-2,7-10H2,(H,21,23). The minimum absolute atomic E-state index is 0.196. The van der Waals surface area contributed by atoms with Crippen molar-refractivity contribution in [1.82, 2.24) is 9.97 Å². The molecule has 2 fully saturated rings. The molecule has 1 N–H and O–H groups in total. The fraction of sp³-hybridized carbons (Fsp3) is 0.389. The molecule has 4 rings (SSSR count). The van der Waals surface area contributed by atoms with E-state index in [1.807, 2.05) is 24.3 Å². The van der Waals surface area contributed by atoms with Crippen LogP contribution in [-0.2, 0) is 4.74 Å². The number of ether oxygens (including phenoxy) is 1. The monoisotopic (exact) mass is 324 g/mol. The first-order chi connectivity index (χ1) is 11.8. The Morgan fingerprint density at radius 1 is 1.12 bits per heavy atom. The van der Waals surface area contributed by atoms with Crippen LogP contribution in [0.25, 0.3) is 0 Å². The van der Waals surface area contributed by atoms with Gasteiger partial charge in [0, 0.05) is 36.1 Å². The summed E-state index contributed by atoms with van der Waals surface area (Å²) in [7, 11) is 0. The van der Waals surface area contributed by atoms with Crippen LogP contribution >= 0.6 is 0 Å². The highest BCUT2D eigenvalue weighted by molar-refractivity contribution is 6.02. The minimum Gasteiger partial charge on any atom is -0.378 e. The molecule has 124 valence electrons. The van der Waals surface area contributed by atoms with Crippen LogP contribution in [0.4, 0.5) is 11.4 Å². The molecule has 0 spiro atoms. The van der Waals surface area contributed by atoms with Crippen molar-refractivity contribution in [2.75, 3.05) is 36.5 Å². The van der Waals surface area contributed by atoms with Crippen molar-refractivity contribution in [1.29, 1.82) is 0 Å². The highest BCUT2D eigenvalue weighted by Gasteiger charge is 2.26. The van der Waals surface area contributed by atoms with E-state index in [1.165, 1.54) is 6.33 Å². The quantitative estimate of drug-likeness (QED) is 0.935. The summed E-state index contributed by atoms with van der Waals surface area (Å²) < 4.78 is 5.37. The molecule has 0 bridgehead atoms. The van der Waals surface area contributed by atoms with E-state index in [4.69, 9.17) is 4.74 Å². The van der Waals surface area contributed by atoms with Crippen molar-refractivity contribution in [3.8, 4) is 0 Å². The molecule has 1 aliphatic carbocycles. The Hall–Kier alpha value is -2.47. The first kappa shape index (κ1) is 15.1. The molecular weight excluding hydrogens is 304 g/mol. The number of carbonyl (C=O) groups is 1. The number of anilines is 2. The van der Waals surface area contributed by atoms with Crippen molar-refractivity contribution in [3.63, 3.8) is 0 Å². The molecule has 24 heavy (non-hydrogen) atoms. The fourth-order valence-corrected chi connectivity index (χ4v) is 2.87. The zero-order valence-electron chi connectivity index (χ0n) is 13.4. The molecule has 1 saturated heterocycles. The second kappa shape index (κ2) is 6.57. The lowest BCUT2D eigenvalue weighted by Gasteiger charge is -2.28. The number of hydrogen-bond acceptors (Lipinski definition) is 5. The Balaban J connectivity index is 1.42. The Bertz CT molecular complexity index is 722. The van der Waals surface area contributed by atoms with E-state index < -0.39 is 0 Å². The first-order valence-electron chi connectivity index (χ1n) is 8.36. The third kappa shape index (κ3) is 3.38. The molecule has 2 aliphatic rings. The highest BCUT2D eigenvalue weighted by Crippen LogP contribution is 2.38. The van der Waals surface area contributed by atoms with E-state index in [9.17, 15) is 4.79 Å². The van der Waals surface area contributed by atoms with Gasteiger partial charge in [0.15, 0.2) is 0 Å². The molecule has 1 aromatic heterocycles. The number of carbonyl (C=O) groups excluding carboxylic acids is 1. The SMILES string of the molecule is O=C(Nc1ccc(N2CCOCC2)cc1)c1cc(C2CC2)ncn1. The average Bonchev–Trinajstić information content (AvgIpc) is 3.48. The summed E-state index contributed by atoms with van der Waals surface area (Å²) in [4.78, 5) is 23.0. The summed E-state index contributed by atoms with van der Waals surface area (Å²) in [6, 6.07) is 9.69. The normalized spacial score (nSPS) is 17.6. The van der Waals surface area contributed by atoms with Gasteiger partial charge in [-0.25, -0.2) is 9.97 Å². The van der Waals surface area contributed by atoms with E-state index in [0.29, 0.717) is 11.6 Å². The lowest BCUT2D eigenvalue weighted by Crippen LogP contribution is -2.36. The predicted molar refractivity (Wildman–Crippen MR) is 91.4 cm³/mol. The van der Waals surface area contributed by atoms with Crippen LogP contribution in [0.1, 0.15) is 34.9 Å². The summed E-state index contributed by atoms with van der Waals surface area (Å²) in [5.74, 6) is 0.311. The van der Waals surface area contributed by atoms with Crippen LogP contribution in [0.15, 0.2) is 36.7 Å². The molecule has 6 nitrogen and oxygen atoms in total. The number of amides is 1. The molecule has 2 heterocycles. The maximum Gasteiger partial charge on any atom is 0.274 e. The van der Waals surface area contributed by atoms with Crippen LogP contribution in [0.3, 0.4) is 0 Å². The molecule has 0 atom stereocenters. The topological polar surface area (TPSA) is 67.4 Å². The smallest absolute Gasteiger partial charge is 0.274 e. The minimum atomic E-state index is -0.196. The fourth-order valence-electron chi connectivity index (χ4n) is 2.87. The van der Waals surface area contributed by atoms with Gasteiger partial charge >= 0.3 is 0 Å². The Kier molecular flexibility index (Phi) is 4.13. The van der Waals surface area contributed by atoms with Gasteiger partial charge in [-0.3, -0.25) is 4.79 Å². The highest BCUT2D eigenvalue weighted by atomic mass is 16.5. The number of hydrogen-bond donors (Lipinski definition) is 1. The number of aromatic nitrogens is 2. The van der Waals surface area contributed by atoms with E-state index in [1.54, 1.807) is 6.07 Å². The maximum atomic E-state index is 12.4. The van der Waals surface area contributed by atoms with Crippen LogP contribution in [0.5, 0.6) is 0 Å². The maximum absolute atomic E-state index is 12.4. The zero-order chi connectivity index (χ0) is 16.4. The molecule has 0 radical (unpaired) electrons.